The largest absolute Gasteiger partial charge is 0.327 e. The molecule has 1 saturated heterocycles. The molecular formula is C12H17Cl2FN2. The lowest BCUT2D eigenvalue weighted by molar-refractivity contribution is 0.199. The summed E-state index contributed by atoms with van der Waals surface area (Å²) in [5.74, 6) is -0.230. The van der Waals surface area contributed by atoms with Gasteiger partial charge in [-0.05, 0) is 31.5 Å². The quantitative estimate of drug-likeness (QED) is 0.902. The van der Waals surface area contributed by atoms with Crippen molar-refractivity contribution in [3.8, 4) is 0 Å². The molecule has 96 valence electrons. The Labute approximate surface area is 112 Å². The fourth-order valence-corrected chi connectivity index (χ4v) is 2.36. The summed E-state index contributed by atoms with van der Waals surface area (Å²) in [5.41, 5.74) is 6.47. The van der Waals surface area contributed by atoms with E-state index in [0.29, 0.717) is 17.1 Å². The molecule has 1 aliphatic rings. The standard InChI is InChI=1S/C12H16ClFN2.ClH/c13-11-4-1-5-12(14)10(11)8-16-6-2-3-9(15)7-16;/h1,4-5,9H,2-3,6-8,15H2;1H. The smallest absolute Gasteiger partial charge is 0.129 e. The van der Waals surface area contributed by atoms with E-state index < -0.39 is 0 Å². The van der Waals surface area contributed by atoms with Crippen LogP contribution in [0.25, 0.3) is 0 Å². The van der Waals surface area contributed by atoms with Gasteiger partial charge in [-0.2, -0.15) is 0 Å². The molecule has 0 spiro atoms. The molecule has 0 amide bonds. The third kappa shape index (κ3) is 3.81. The third-order valence-corrected chi connectivity index (χ3v) is 3.34. The van der Waals surface area contributed by atoms with Gasteiger partial charge in [0.1, 0.15) is 5.82 Å². The van der Waals surface area contributed by atoms with E-state index >= 15 is 0 Å². The first-order valence-corrected chi connectivity index (χ1v) is 5.95. The van der Waals surface area contributed by atoms with Gasteiger partial charge < -0.3 is 5.73 Å². The first-order valence-electron chi connectivity index (χ1n) is 5.57. The number of hydrogen-bond donors (Lipinski definition) is 1. The van der Waals surface area contributed by atoms with Crippen LogP contribution in [-0.4, -0.2) is 24.0 Å². The van der Waals surface area contributed by atoms with Gasteiger partial charge in [-0.25, -0.2) is 4.39 Å². The molecule has 1 aliphatic heterocycles. The summed E-state index contributed by atoms with van der Waals surface area (Å²) in [6.07, 6.45) is 2.13. The van der Waals surface area contributed by atoms with Gasteiger partial charge in [0.05, 0.1) is 0 Å². The number of benzene rings is 1. The highest BCUT2D eigenvalue weighted by Gasteiger charge is 2.18. The van der Waals surface area contributed by atoms with E-state index in [0.717, 1.165) is 25.9 Å². The molecule has 0 saturated carbocycles. The number of piperidine rings is 1. The van der Waals surface area contributed by atoms with Crippen LogP contribution in [0.4, 0.5) is 4.39 Å². The van der Waals surface area contributed by atoms with E-state index in [-0.39, 0.29) is 24.3 Å². The zero-order valence-electron chi connectivity index (χ0n) is 9.53. The average molecular weight is 279 g/mol. The van der Waals surface area contributed by atoms with Crippen molar-refractivity contribution < 1.29 is 4.39 Å². The monoisotopic (exact) mass is 278 g/mol. The molecule has 2 rings (SSSR count). The lowest BCUT2D eigenvalue weighted by atomic mass is 10.1. The van der Waals surface area contributed by atoms with Crippen molar-refractivity contribution in [2.24, 2.45) is 5.73 Å². The zero-order valence-corrected chi connectivity index (χ0v) is 11.1. The summed E-state index contributed by atoms with van der Waals surface area (Å²) < 4.78 is 13.6. The molecule has 1 aromatic rings. The molecule has 1 unspecified atom stereocenters. The second kappa shape index (κ2) is 6.55. The predicted molar refractivity (Wildman–Crippen MR) is 71.1 cm³/mol. The van der Waals surface area contributed by atoms with Crippen molar-refractivity contribution in [1.82, 2.24) is 4.90 Å². The summed E-state index contributed by atoms with van der Waals surface area (Å²) in [6, 6.07) is 5.01. The van der Waals surface area contributed by atoms with E-state index in [4.69, 9.17) is 17.3 Å². The molecule has 5 heteroatoms. The maximum Gasteiger partial charge on any atom is 0.129 e. The summed E-state index contributed by atoms with van der Waals surface area (Å²) in [6.45, 7) is 2.35. The van der Waals surface area contributed by atoms with Crippen molar-refractivity contribution in [2.45, 2.75) is 25.4 Å². The Kier molecular flexibility index (Phi) is 5.67. The second-order valence-electron chi connectivity index (χ2n) is 4.34. The lowest BCUT2D eigenvalue weighted by Gasteiger charge is -2.30. The van der Waals surface area contributed by atoms with Crippen molar-refractivity contribution in [3.63, 3.8) is 0 Å². The van der Waals surface area contributed by atoms with Crippen molar-refractivity contribution in [1.29, 1.82) is 0 Å². The first-order chi connectivity index (χ1) is 7.66. The Morgan fingerprint density at radius 2 is 2.24 bits per heavy atom. The summed E-state index contributed by atoms with van der Waals surface area (Å²) in [7, 11) is 0. The van der Waals surface area contributed by atoms with Crippen molar-refractivity contribution in [2.75, 3.05) is 13.1 Å². The summed E-state index contributed by atoms with van der Waals surface area (Å²) >= 11 is 5.99. The number of nitrogens with two attached hydrogens (primary N) is 1. The number of rotatable bonds is 2. The highest BCUT2D eigenvalue weighted by molar-refractivity contribution is 6.31. The van der Waals surface area contributed by atoms with Crippen LogP contribution < -0.4 is 5.73 Å². The number of nitrogens with zero attached hydrogens (tertiary/aromatic N) is 1. The first kappa shape index (κ1) is 14.7. The van der Waals surface area contributed by atoms with E-state index in [1.54, 1.807) is 12.1 Å². The Hall–Kier alpha value is -0.350. The Bertz CT molecular complexity index is 353. The molecule has 1 atom stereocenters. The van der Waals surface area contributed by atoms with Crippen LogP contribution in [0.2, 0.25) is 5.02 Å². The third-order valence-electron chi connectivity index (χ3n) is 2.99. The molecule has 0 aliphatic carbocycles. The molecule has 17 heavy (non-hydrogen) atoms. The minimum atomic E-state index is -0.230. The van der Waals surface area contributed by atoms with E-state index in [2.05, 4.69) is 4.90 Å². The molecule has 1 aromatic carbocycles. The van der Waals surface area contributed by atoms with Crippen LogP contribution in [0.1, 0.15) is 18.4 Å². The van der Waals surface area contributed by atoms with Crippen molar-refractivity contribution in [3.05, 3.63) is 34.6 Å². The van der Waals surface area contributed by atoms with Gasteiger partial charge >= 0.3 is 0 Å². The summed E-state index contributed by atoms with van der Waals surface area (Å²) in [4.78, 5) is 2.17. The van der Waals surface area contributed by atoms with Crippen LogP contribution in [0.3, 0.4) is 0 Å². The van der Waals surface area contributed by atoms with Crippen LogP contribution in [0, 0.1) is 5.82 Å². The van der Waals surface area contributed by atoms with Gasteiger partial charge in [0.25, 0.3) is 0 Å². The Morgan fingerprint density at radius 1 is 1.47 bits per heavy atom. The van der Waals surface area contributed by atoms with Gasteiger partial charge in [0.2, 0.25) is 0 Å². The highest BCUT2D eigenvalue weighted by Crippen LogP contribution is 2.22. The van der Waals surface area contributed by atoms with Crippen LogP contribution in [-0.2, 0) is 6.54 Å². The predicted octanol–water partition coefficient (Wildman–Crippen LogP) is 2.82. The van der Waals surface area contributed by atoms with E-state index in [1.165, 1.54) is 6.07 Å². The molecule has 2 nitrogen and oxygen atoms in total. The number of halogens is 3. The Balaban J connectivity index is 0.00000144. The second-order valence-corrected chi connectivity index (χ2v) is 4.74. The summed E-state index contributed by atoms with van der Waals surface area (Å²) in [5, 5.41) is 0.499. The molecule has 1 heterocycles. The van der Waals surface area contributed by atoms with Gasteiger partial charge in [-0.15, -0.1) is 12.4 Å². The normalized spacial score (nSPS) is 21.0. The van der Waals surface area contributed by atoms with E-state index in [9.17, 15) is 4.39 Å². The van der Waals surface area contributed by atoms with Gasteiger partial charge in [-0.1, -0.05) is 17.7 Å². The van der Waals surface area contributed by atoms with Gasteiger partial charge in [0.15, 0.2) is 0 Å². The maximum absolute atomic E-state index is 13.6. The molecule has 0 bridgehead atoms. The van der Waals surface area contributed by atoms with Crippen LogP contribution in [0.5, 0.6) is 0 Å². The molecule has 1 fully saturated rings. The minimum absolute atomic E-state index is 0. The fourth-order valence-electron chi connectivity index (χ4n) is 2.14. The lowest BCUT2D eigenvalue weighted by Crippen LogP contribution is -2.42. The topological polar surface area (TPSA) is 29.3 Å². The van der Waals surface area contributed by atoms with Crippen LogP contribution >= 0.6 is 24.0 Å². The molecular weight excluding hydrogens is 262 g/mol. The number of likely N-dealkylation sites (tertiary alicyclic amines) is 1. The van der Waals surface area contributed by atoms with Gasteiger partial charge in [-0.3, -0.25) is 4.90 Å². The minimum Gasteiger partial charge on any atom is -0.327 e. The van der Waals surface area contributed by atoms with Crippen LogP contribution in [0.15, 0.2) is 18.2 Å². The zero-order chi connectivity index (χ0) is 11.5. The molecule has 0 aromatic heterocycles. The highest BCUT2D eigenvalue weighted by atomic mass is 35.5. The molecule has 2 N–H and O–H groups in total. The average Bonchev–Trinajstić information content (AvgIpc) is 2.24. The Morgan fingerprint density at radius 3 is 2.88 bits per heavy atom. The van der Waals surface area contributed by atoms with E-state index in [1.807, 2.05) is 0 Å². The van der Waals surface area contributed by atoms with Gasteiger partial charge in [0, 0.05) is 29.7 Å². The molecule has 0 radical (unpaired) electrons. The van der Waals surface area contributed by atoms with Crippen molar-refractivity contribution >= 4 is 24.0 Å². The SMILES string of the molecule is Cl.NC1CCCN(Cc2c(F)cccc2Cl)C1. The fraction of sp³-hybridized carbons (Fsp3) is 0.500. The maximum atomic E-state index is 13.6. The number of hydrogen-bond acceptors (Lipinski definition) is 2.